The SMILES string of the molecule is C=CCOc1c2c(c(OC)c3cc(C)c4c(c13)O[C@]1(OC)C3OC(C5OCCCO5)(OC43)[C@]1(C)COC)CCCC2=O. The predicted molar refractivity (Wildman–Crippen MR) is 150 cm³/mol. The first-order valence-electron chi connectivity index (χ1n) is 14.6. The van der Waals surface area contributed by atoms with Crippen LogP contribution in [0.25, 0.3) is 10.8 Å². The smallest absolute Gasteiger partial charge is 0.252 e. The van der Waals surface area contributed by atoms with Crippen molar-refractivity contribution in [2.75, 3.05) is 47.8 Å². The Kier molecular flexibility index (Phi) is 6.62. The number of hydrogen-bond acceptors (Lipinski definition) is 10. The van der Waals surface area contributed by atoms with Crippen molar-refractivity contribution in [1.29, 1.82) is 0 Å². The van der Waals surface area contributed by atoms with E-state index >= 15 is 0 Å². The lowest BCUT2D eigenvalue weighted by molar-refractivity contribution is -0.395. The highest BCUT2D eigenvalue weighted by Gasteiger charge is 2.85. The van der Waals surface area contributed by atoms with Crippen LogP contribution >= 0.6 is 0 Å². The first-order valence-corrected chi connectivity index (χ1v) is 14.6. The molecule has 4 aliphatic heterocycles. The van der Waals surface area contributed by atoms with Crippen LogP contribution in [0, 0.1) is 12.3 Å². The lowest BCUT2D eigenvalue weighted by Gasteiger charge is -2.56. The van der Waals surface area contributed by atoms with Gasteiger partial charge in [-0.1, -0.05) is 12.7 Å². The number of hydrogen-bond donors (Lipinski definition) is 0. The van der Waals surface area contributed by atoms with E-state index in [0.29, 0.717) is 54.3 Å². The molecule has 226 valence electrons. The molecule has 4 heterocycles. The monoisotopic (exact) mass is 582 g/mol. The third-order valence-electron chi connectivity index (χ3n) is 9.66. The molecule has 0 radical (unpaired) electrons. The number of ether oxygens (including phenoxy) is 9. The Labute approximate surface area is 245 Å². The summed E-state index contributed by atoms with van der Waals surface area (Å²) in [7, 11) is 4.86. The molecule has 0 N–H and O–H groups in total. The number of benzene rings is 2. The highest BCUT2D eigenvalue weighted by atomic mass is 16.9. The van der Waals surface area contributed by atoms with Gasteiger partial charge >= 0.3 is 0 Å². The van der Waals surface area contributed by atoms with E-state index < -0.39 is 35.5 Å². The zero-order valence-corrected chi connectivity index (χ0v) is 24.8. The molecule has 10 heteroatoms. The van der Waals surface area contributed by atoms with E-state index in [9.17, 15) is 4.79 Å². The van der Waals surface area contributed by atoms with Crippen molar-refractivity contribution in [2.24, 2.45) is 5.41 Å². The van der Waals surface area contributed by atoms with E-state index in [1.807, 2.05) is 13.8 Å². The molecule has 0 saturated carbocycles. The molecule has 0 spiro atoms. The average Bonchev–Trinajstić information content (AvgIpc) is 3.50. The Hall–Kier alpha value is -2.73. The lowest BCUT2D eigenvalue weighted by Crippen LogP contribution is -2.71. The summed E-state index contributed by atoms with van der Waals surface area (Å²) in [5.41, 5.74) is 2.08. The largest absolute Gasteiger partial charge is 0.496 e. The summed E-state index contributed by atoms with van der Waals surface area (Å²) in [6.07, 6.45) is 2.29. The van der Waals surface area contributed by atoms with Gasteiger partial charge in [0.2, 0.25) is 12.1 Å². The van der Waals surface area contributed by atoms with Gasteiger partial charge in [-0.15, -0.1) is 0 Å². The maximum absolute atomic E-state index is 13.5. The summed E-state index contributed by atoms with van der Waals surface area (Å²) in [5, 5.41) is 1.43. The normalized spacial score (nSPS) is 33.3. The van der Waals surface area contributed by atoms with Crippen LogP contribution in [-0.2, 0) is 34.8 Å². The maximum Gasteiger partial charge on any atom is 0.252 e. The quantitative estimate of drug-likeness (QED) is 0.412. The number of rotatable bonds is 8. The fraction of sp³-hybridized carbons (Fsp3) is 0.594. The lowest BCUT2D eigenvalue weighted by atomic mass is 9.68. The van der Waals surface area contributed by atoms with Gasteiger partial charge in [-0.3, -0.25) is 4.79 Å². The van der Waals surface area contributed by atoms with Crippen LogP contribution in [0.4, 0.5) is 0 Å². The summed E-state index contributed by atoms with van der Waals surface area (Å²) in [4.78, 5) is 13.5. The van der Waals surface area contributed by atoms with Gasteiger partial charge in [-0.05, 0) is 44.7 Å². The molecule has 42 heavy (non-hydrogen) atoms. The number of Topliss-reactive ketones (excluding diaryl/α,β-unsaturated/α-hetero) is 1. The Morgan fingerprint density at radius 2 is 1.88 bits per heavy atom. The van der Waals surface area contributed by atoms with Crippen molar-refractivity contribution in [1.82, 2.24) is 0 Å². The Morgan fingerprint density at radius 1 is 1.10 bits per heavy atom. The minimum absolute atomic E-state index is 0.0129. The van der Waals surface area contributed by atoms with Gasteiger partial charge in [0, 0.05) is 37.2 Å². The molecule has 10 nitrogen and oxygen atoms in total. The van der Waals surface area contributed by atoms with Crippen LogP contribution in [0.5, 0.6) is 17.2 Å². The topological polar surface area (TPSA) is 100 Å². The van der Waals surface area contributed by atoms with E-state index in [1.165, 1.54) is 0 Å². The molecule has 7 rings (SSSR count). The summed E-state index contributed by atoms with van der Waals surface area (Å²) < 4.78 is 57.6. The van der Waals surface area contributed by atoms with Gasteiger partial charge in [-0.2, -0.15) is 0 Å². The van der Waals surface area contributed by atoms with Gasteiger partial charge in [-0.25, -0.2) is 0 Å². The molecule has 2 aromatic rings. The molecule has 3 saturated heterocycles. The molecule has 2 bridgehead atoms. The second-order valence-electron chi connectivity index (χ2n) is 11.9. The minimum atomic E-state index is -1.36. The summed E-state index contributed by atoms with van der Waals surface area (Å²) in [6.45, 7) is 9.23. The van der Waals surface area contributed by atoms with Gasteiger partial charge in [0.05, 0.1) is 37.9 Å². The van der Waals surface area contributed by atoms with E-state index in [4.69, 9.17) is 42.6 Å². The van der Waals surface area contributed by atoms with Crippen LogP contribution in [0.15, 0.2) is 18.7 Å². The Morgan fingerprint density at radius 3 is 2.57 bits per heavy atom. The molecule has 0 aromatic heterocycles. The van der Waals surface area contributed by atoms with Gasteiger partial charge in [0.25, 0.3) is 5.79 Å². The number of fused-ring (bicyclic) bond motifs is 6. The fourth-order valence-corrected chi connectivity index (χ4v) is 7.92. The predicted octanol–water partition coefficient (Wildman–Crippen LogP) is 4.56. The zero-order chi connectivity index (χ0) is 29.4. The summed E-state index contributed by atoms with van der Waals surface area (Å²) in [5.74, 6) is -1.08. The van der Waals surface area contributed by atoms with Crippen LogP contribution in [0.2, 0.25) is 0 Å². The van der Waals surface area contributed by atoms with Crippen LogP contribution < -0.4 is 14.2 Å². The Bertz CT molecular complexity index is 1460. The average molecular weight is 583 g/mol. The van der Waals surface area contributed by atoms with E-state index in [2.05, 4.69) is 12.6 Å². The maximum atomic E-state index is 13.5. The molecule has 2 aromatic carbocycles. The highest BCUT2D eigenvalue weighted by molar-refractivity contribution is 6.12. The first-order chi connectivity index (χ1) is 20.3. The van der Waals surface area contributed by atoms with Crippen molar-refractivity contribution < 1.29 is 47.4 Å². The standard InChI is InChI=1S/C32H38O10/c1-7-12-37-25-22-18(10-8-11-20(22)33)24(35-5)19-15-17(2)21-26(23(19)25)40-31(36-6)28-27(21)41-32(42-28,30(31,3)16-34-4)29-38-13-9-14-39-29/h7,15,27-29H,1,8-14,16H2,2-6H3/t27?,28?,30-,31-,32?/m1/s1. The van der Waals surface area contributed by atoms with E-state index in [1.54, 1.807) is 27.4 Å². The summed E-state index contributed by atoms with van der Waals surface area (Å²) in [6, 6.07) is 2.06. The van der Waals surface area contributed by atoms with Crippen LogP contribution in [-0.4, -0.2) is 77.5 Å². The van der Waals surface area contributed by atoms with E-state index in [-0.39, 0.29) is 19.0 Å². The van der Waals surface area contributed by atoms with Crippen molar-refractivity contribution in [2.45, 2.75) is 69.6 Å². The number of carbonyl (C=O) groups is 1. The Balaban J connectivity index is 1.53. The van der Waals surface area contributed by atoms with Crippen molar-refractivity contribution >= 4 is 16.6 Å². The second kappa shape index (κ2) is 9.90. The van der Waals surface area contributed by atoms with Gasteiger partial charge < -0.3 is 42.6 Å². The first kappa shape index (κ1) is 28.1. The molecule has 5 atom stereocenters. The van der Waals surface area contributed by atoms with E-state index in [0.717, 1.165) is 34.9 Å². The molecule has 3 fully saturated rings. The van der Waals surface area contributed by atoms with Gasteiger partial charge in [0.1, 0.15) is 35.4 Å². The third kappa shape index (κ3) is 3.33. The van der Waals surface area contributed by atoms with Crippen molar-refractivity contribution in [3.8, 4) is 17.2 Å². The van der Waals surface area contributed by atoms with Crippen molar-refractivity contribution in [3.05, 3.63) is 41.0 Å². The number of aryl methyl sites for hydroxylation is 1. The fourth-order valence-electron chi connectivity index (χ4n) is 7.92. The zero-order valence-electron chi connectivity index (χ0n) is 24.8. The molecular weight excluding hydrogens is 544 g/mol. The number of methoxy groups -OCH3 is 3. The van der Waals surface area contributed by atoms with Gasteiger partial charge in [0.15, 0.2) is 11.9 Å². The molecule has 3 unspecified atom stereocenters. The third-order valence-corrected chi connectivity index (χ3v) is 9.66. The molecule has 0 amide bonds. The van der Waals surface area contributed by atoms with Crippen molar-refractivity contribution in [3.63, 3.8) is 0 Å². The molecule has 5 aliphatic rings. The number of carbonyl (C=O) groups excluding carboxylic acids is 1. The highest BCUT2D eigenvalue weighted by Crippen LogP contribution is 2.71. The molecular formula is C32H38O10. The van der Waals surface area contributed by atoms with Crippen LogP contribution in [0.3, 0.4) is 0 Å². The number of ketones is 1. The molecule has 1 aliphatic carbocycles. The van der Waals surface area contributed by atoms with Crippen LogP contribution in [0.1, 0.15) is 59.3 Å². The minimum Gasteiger partial charge on any atom is -0.496 e. The summed E-state index contributed by atoms with van der Waals surface area (Å²) >= 11 is 0. The second-order valence-corrected chi connectivity index (χ2v) is 11.9.